The number of halogens is 2. The standard InChI is InChI=1S/C12H11BrFN3O/c13-11-10(12(18)16-6-4-8(14)7-16)15-9-3-1-2-5-17(9)11/h1-3,5,8H,4,6-7H2/t8-/m1/s1. The van der Waals surface area contributed by atoms with Crippen molar-refractivity contribution in [2.45, 2.75) is 12.6 Å². The molecule has 1 aliphatic rings. The Bertz CT molecular complexity index is 612. The summed E-state index contributed by atoms with van der Waals surface area (Å²) in [6.45, 7) is 0.624. The summed E-state index contributed by atoms with van der Waals surface area (Å²) in [4.78, 5) is 18.0. The molecule has 1 atom stereocenters. The van der Waals surface area contributed by atoms with Gasteiger partial charge in [-0.1, -0.05) is 6.07 Å². The van der Waals surface area contributed by atoms with Gasteiger partial charge in [0.05, 0.1) is 6.54 Å². The Hall–Kier alpha value is -1.43. The Kier molecular flexibility index (Phi) is 2.81. The van der Waals surface area contributed by atoms with Crippen LogP contribution in [0.2, 0.25) is 0 Å². The Balaban J connectivity index is 1.99. The van der Waals surface area contributed by atoms with E-state index in [1.165, 1.54) is 4.90 Å². The smallest absolute Gasteiger partial charge is 0.275 e. The van der Waals surface area contributed by atoms with Gasteiger partial charge in [-0.25, -0.2) is 9.37 Å². The number of amides is 1. The van der Waals surface area contributed by atoms with Crippen LogP contribution in [-0.2, 0) is 0 Å². The van der Waals surface area contributed by atoms with Crippen LogP contribution in [-0.4, -0.2) is 39.5 Å². The number of imidazole rings is 1. The highest BCUT2D eigenvalue weighted by Gasteiger charge is 2.29. The van der Waals surface area contributed by atoms with E-state index in [0.29, 0.717) is 28.9 Å². The number of likely N-dealkylation sites (tertiary alicyclic amines) is 1. The molecule has 0 bridgehead atoms. The third-order valence-corrected chi connectivity index (χ3v) is 3.85. The van der Waals surface area contributed by atoms with Crippen LogP contribution < -0.4 is 0 Å². The van der Waals surface area contributed by atoms with Gasteiger partial charge in [-0.05, 0) is 34.5 Å². The molecule has 0 saturated carbocycles. The first-order chi connectivity index (χ1) is 8.66. The number of carbonyl (C=O) groups is 1. The number of rotatable bonds is 1. The van der Waals surface area contributed by atoms with Gasteiger partial charge in [-0.2, -0.15) is 0 Å². The largest absolute Gasteiger partial charge is 0.334 e. The van der Waals surface area contributed by atoms with Crippen molar-refractivity contribution in [3.05, 3.63) is 34.7 Å². The van der Waals surface area contributed by atoms with Crippen LogP contribution in [0.5, 0.6) is 0 Å². The fraction of sp³-hybridized carbons (Fsp3) is 0.333. The summed E-state index contributed by atoms with van der Waals surface area (Å²) >= 11 is 3.37. The first-order valence-electron chi connectivity index (χ1n) is 5.73. The van der Waals surface area contributed by atoms with Crippen LogP contribution in [0.15, 0.2) is 29.0 Å². The topological polar surface area (TPSA) is 37.6 Å². The second kappa shape index (κ2) is 4.35. The Morgan fingerprint density at radius 3 is 3.00 bits per heavy atom. The van der Waals surface area contributed by atoms with Gasteiger partial charge in [0.25, 0.3) is 5.91 Å². The lowest BCUT2D eigenvalue weighted by atomic mass is 10.3. The number of aromatic nitrogens is 2. The van der Waals surface area contributed by atoms with E-state index >= 15 is 0 Å². The molecule has 1 aliphatic heterocycles. The number of hydrogen-bond donors (Lipinski definition) is 0. The molecule has 6 heteroatoms. The molecule has 1 amide bonds. The second-order valence-corrected chi connectivity index (χ2v) is 5.07. The van der Waals surface area contributed by atoms with Gasteiger partial charge >= 0.3 is 0 Å². The molecule has 0 aliphatic carbocycles. The highest BCUT2D eigenvalue weighted by Crippen LogP contribution is 2.22. The molecule has 2 aromatic rings. The summed E-state index contributed by atoms with van der Waals surface area (Å²) in [6.07, 6.45) is 1.33. The molecule has 3 rings (SSSR count). The molecular formula is C12H11BrFN3O. The summed E-state index contributed by atoms with van der Waals surface area (Å²) in [7, 11) is 0. The van der Waals surface area contributed by atoms with Gasteiger partial charge in [0.15, 0.2) is 5.69 Å². The minimum absolute atomic E-state index is 0.166. The lowest BCUT2D eigenvalue weighted by Gasteiger charge is -2.13. The van der Waals surface area contributed by atoms with E-state index in [0.717, 1.165) is 0 Å². The van der Waals surface area contributed by atoms with Crippen molar-refractivity contribution < 1.29 is 9.18 Å². The number of alkyl halides is 1. The highest BCUT2D eigenvalue weighted by molar-refractivity contribution is 9.10. The van der Waals surface area contributed by atoms with E-state index in [1.54, 1.807) is 4.40 Å². The molecule has 0 radical (unpaired) electrons. The summed E-state index contributed by atoms with van der Waals surface area (Å²) in [6, 6.07) is 5.54. The van der Waals surface area contributed by atoms with Gasteiger partial charge in [0.1, 0.15) is 16.4 Å². The monoisotopic (exact) mass is 311 g/mol. The van der Waals surface area contributed by atoms with Crippen LogP contribution in [0.3, 0.4) is 0 Å². The van der Waals surface area contributed by atoms with Crippen molar-refractivity contribution >= 4 is 27.5 Å². The van der Waals surface area contributed by atoms with Gasteiger partial charge in [0, 0.05) is 12.7 Å². The first-order valence-corrected chi connectivity index (χ1v) is 6.52. The van der Waals surface area contributed by atoms with Crippen molar-refractivity contribution in [3.8, 4) is 0 Å². The van der Waals surface area contributed by atoms with Crippen LogP contribution in [0.1, 0.15) is 16.9 Å². The molecular weight excluding hydrogens is 301 g/mol. The third-order valence-electron chi connectivity index (χ3n) is 3.09. The van der Waals surface area contributed by atoms with Crippen LogP contribution in [0, 0.1) is 0 Å². The van der Waals surface area contributed by atoms with E-state index in [2.05, 4.69) is 20.9 Å². The zero-order valence-electron chi connectivity index (χ0n) is 9.51. The fourth-order valence-electron chi connectivity index (χ4n) is 2.15. The molecule has 1 fully saturated rings. The number of nitrogens with zero attached hydrogens (tertiary/aromatic N) is 3. The van der Waals surface area contributed by atoms with Crippen LogP contribution in [0.25, 0.3) is 5.65 Å². The van der Waals surface area contributed by atoms with Gasteiger partial charge in [-0.3, -0.25) is 9.20 Å². The number of hydrogen-bond acceptors (Lipinski definition) is 2. The second-order valence-electron chi connectivity index (χ2n) is 4.32. The Morgan fingerprint density at radius 2 is 2.33 bits per heavy atom. The highest BCUT2D eigenvalue weighted by atomic mass is 79.9. The Labute approximate surface area is 112 Å². The summed E-state index contributed by atoms with van der Waals surface area (Å²) in [5.74, 6) is -0.217. The predicted molar refractivity (Wildman–Crippen MR) is 68.3 cm³/mol. The molecule has 4 nitrogen and oxygen atoms in total. The number of carbonyl (C=O) groups excluding carboxylic acids is 1. The van der Waals surface area contributed by atoms with Crippen molar-refractivity contribution in [2.75, 3.05) is 13.1 Å². The molecule has 0 unspecified atom stereocenters. The fourth-order valence-corrected chi connectivity index (χ4v) is 2.71. The molecule has 1 saturated heterocycles. The van der Waals surface area contributed by atoms with Gasteiger partial charge in [0.2, 0.25) is 0 Å². The maximum absolute atomic E-state index is 13.1. The van der Waals surface area contributed by atoms with Gasteiger partial charge in [-0.15, -0.1) is 0 Å². The third kappa shape index (κ3) is 1.80. The average Bonchev–Trinajstić information content (AvgIpc) is 2.94. The van der Waals surface area contributed by atoms with E-state index < -0.39 is 6.17 Å². The lowest BCUT2D eigenvalue weighted by Crippen LogP contribution is -2.29. The lowest BCUT2D eigenvalue weighted by molar-refractivity contribution is 0.0776. The molecule has 0 aromatic carbocycles. The normalized spacial score (nSPS) is 19.7. The molecule has 18 heavy (non-hydrogen) atoms. The summed E-state index contributed by atoms with van der Waals surface area (Å²) in [5, 5.41) is 0. The van der Waals surface area contributed by atoms with E-state index in [4.69, 9.17) is 0 Å². The summed E-state index contributed by atoms with van der Waals surface area (Å²) in [5.41, 5.74) is 1.04. The Morgan fingerprint density at radius 1 is 1.50 bits per heavy atom. The quantitative estimate of drug-likeness (QED) is 0.810. The minimum Gasteiger partial charge on any atom is -0.334 e. The number of fused-ring (bicyclic) bond motifs is 1. The van der Waals surface area contributed by atoms with Crippen molar-refractivity contribution in [1.82, 2.24) is 14.3 Å². The SMILES string of the molecule is O=C(c1nc2ccccn2c1Br)N1CC[C@@H](F)C1. The van der Waals surface area contributed by atoms with E-state index in [-0.39, 0.29) is 12.5 Å². The maximum atomic E-state index is 13.1. The minimum atomic E-state index is -0.912. The van der Waals surface area contributed by atoms with Gasteiger partial charge < -0.3 is 4.90 Å². The van der Waals surface area contributed by atoms with E-state index in [1.807, 2.05) is 24.4 Å². The zero-order chi connectivity index (χ0) is 12.7. The van der Waals surface area contributed by atoms with Crippen molar-refractivity contribution in [1.29, 1.82) is 0 Å². The summed E-state index contributed by atoms with van der Waals surface area (Å²) < 4.78 is 15.5. The van der Waals surface area contributed by atoms with Crippen LogP contribution >= 0.6 is 15.9 Å². The predicted octanol–water partition coefficient (Wildman–Crippen LogP) is 2.28. The first kappa shape index (κ1) is 11.6. The van der Waals surface area contributed by atoms with Crippen molar-refractivity contribution in [2.24, 2.45) is 0 Å². The molecule has 3 heterocycles. The molecule has 2 aromatic heterocycles. The van der Waals surface area contributed by atoms with Crippen molar-refractivity contribution in [3.63, 3.8) is 0 Å². The molecule has 94 valence electrons. The molecule has 0 N–H and O–H groups in total. The maximum Gasteiger partial charge on any atom is 0.275 e. The molecule has 0 spiro atoms. The average molecular weight is 312 g/mol. The zero-order valence-corrected chi connectivity index (χ0v) is 11.1. The van der Waals surface area contributed by atoms with E-state index in [9.17, 15) is 9.18 Å². The number of pyridine rings is 1. The van der Waals surface area contributed by atoms with Crippen LogP contribution in [0.4, 0.5) is 4.39 Å².